The Morgan fingerprint density at radius 3 is 3.03 bits per heavy atom. The van der Waals surface area contributed by atoms with E-state index in [1.54, 1.807) is 22.4 Å². The number of carbonyl (C=O) groups is 2. The number of rotatable bonds is 2. The number of pyridine rings is 1. The number of benzene rings is 1. The number of nitrogens with two attached hydrogens (primary N) is 1. The number of carbonyl (C=O) groups excluding carboxylic acids is 2. The maximum absolute atomic E-state index is 13.2. The molecule has 158 valence electrons. The first-order valence-corrected chi connectivity index (χ1v) is 10.9. The van der Waals surface area contributed by atoms with Crippen LogP contribution in [0.2, 0.25) is 0 Å². The Bertz CT molecular complexity index is 1300. The Labute approximate surface area is 181 Å². The summed E-state index contributed by atoms with van der Waals surface area (Å²) in [7, 11) is 0. The van der Waals surface area contributed by atoms with Gasteiger partial charge in [0, 0.05) is 12.7 Å². The van der Waals surface area contributed by atoms with E-state index < -0.39 is 11.8 Å². The molecule has 0 radical (unpaired) electrons. The largest absolute Gasteiger partial charge is 0.382 e. The highest BCUT2D eigenvalue weighted by Crippen LogP contribution is 2.35. The second-order valence-electron chi connectivity index (χ2n) is 7.91. The topological polar surface area (TPSA) is 130 Å². The predicted octanol–water partition coefficient (Wildman–Crippen LogP) is 3.09. The normalized spacial score (nSPS) is 19.1. The average molecular weight is 436 g/mol. The minimum atomic E-state index is -0.712. The van der Waals surface area contributed by atoms with Gasteiger partial charge in [0.15, 0.2) is 5.82 Å². The molecule has 0 aliphatic carbocycles. The van der Waals surface area contributed by atoms with Gasteiger partial charge < -0.3 is 16.0 Å². The van der Waals surface area contributed by atoms with Gasteiger partial charge in [-0.15, -0.1) is 11.3 Å². The molecular formula is C21H21N7O2S. The number of likely N-dealkylation sites (tertiary alicyclic amines) is 1. The Kier molecular flexibility index (Phi) is 4.78. The van der Waals surface area contributed by atoms with Gasteiger partial charge in [-0.05, 0) is 36.5 Å². The van der Waals surface area contributed by atoms with Crippen molar-refractivity contribution in [2.45, 2.75) is 25.8 Å². The molecule has 2 atom stereocenters. The van der Waals surface area contributed by atoms with Gasteiger partial charge in [0.2, 0.25) is 0 Å². The highest BCUT2D eigenvalue weighted by Gasteiger charge is 2.34. The van der Waals surface area contributed by atoms with Crippen LogP contribution in [0.1, 0.15) is 31.4 Å². The van der Waals surface area contributed by atoms with Gasteiger partial charge in [-0.3, -0.25) is 19.7 Å². The van der Waals surface area contributed by atoms with Crippen molar-refractivity contribution in [3.63, 3.8) is 0 Å². The Morgan fingerprint density at radius 2 is 2.16 bits per heavy atom. The summed E-state index contributed by atoms with van der Waals surface area (Å²) in [4.78, 5) is 36.3. The second-order valence-corrected chi connectivity index (χ2v) is 8.79. The van der Waals surface area contributed by atoms with Crippen molar-refractivity contribution in [2.24, 2.45) is 5.92 Å². The van der Waals surface area contributed by atoms with Crippen molar-refractivity contribution < 1.29 is 9.59 Å². The van der Waals surface area contributed by atoms with Crippen LogP contribution >= 0.6 is 11.3 Å². The molecule has 1 aliphatic rings. The van der Waals surface area contributed by atoms with Crippen molar-refractivity contribution in [2.75, 3.05) is 17.6 Å². The number of anilines is 2. The molecule has 0 bridgehead atoms. The van der Waals surface area contributed by atoms with Crippen LogP contribution in [0.5, 0.6) is 0 Å². The lowest BCUT2D eigenvalue weighted by Crippen LogP contribution is -2.46. The van der Waals surface area contributed by atoms with Crippen LogP contribution in [0.3, 0.4) is 0 Å². The van der Waals surface area contributed by atoms with Crippen LogP contribution in [-0.2, 0) is 9.59 Å². The first-order valence-electron chi connectivity index (χ1n) is 10.0. The molecule has 31 heavy (non-hydrogen) atoms. The Morgan fingerprint density at radius 1 is 1.29 bits per heavy atom. The van der Waals surface area contributed by atoms with Gasteiger partial charge in [-0.2, -0.15) is 5.10 Å². The van der Waals surface area contributed by atoms with Crippen LogP contribution in [0.15, 0.2) is 36.1 Å². The molecule has 2 amide bonds. The number of fused-ring (bicyclic) bond motifs is 2. The van der Waals surface area contributed by atoms with Crippen molar-refractivity contribution in [3.8, 4) is 0 Å². The van der Waals surface area contributed by atoms with E-state index in [1.165, 1.54) is 6.20 Å². The predicted molar refractivity (Wildman–Crippen MR) is 119 cm³/mol. The monoisotopic (exact) mass is 435 g/mol. The zero-order chi connectivity index (χ0) is 21.5. The van der Waals surface area contributed by atoms with Gasteiger partial charge >= 0.3 is 11.8 Å². The number of nitrogen functional groups attached to an aromatic ring is 1. The number of amides is 2. The van der Waals surface area contributed by atoms with Crippen LogP contribution in [-0.4, -0.2) is 43.4 Å². The van der Waals surface area contributed by atoms with Gasteiger partial charge in [0.25, 0.3) is 0 Å². The zero-order valence-electron chi connectivity index (χ0n) is 16.8. The fourth-order valence-electron chi connectivity index (χ4n) is 4.16. The SMILES string of the molecule is C[C@H]1CC[C@H](c2ccc3scnc3c2)N(C(=O)C(=O)Nc2cncc3c(N)n[nH]c23)C1. The van der Waals surface area contributed by atoms with Gasteiger partial charge in [-0.1, -0.05) is 13.0 Å². The molecule has 3 aromatic heterocycles. The summed E-state index contributed by atoms with van der Waals surface area (Å²) in [6, 6.07) is 5.90. The first-order chi connectivity index (χ1) is 15.0. The summed E-state index contributed by atoms with van der Waals surface area (Å²) in [5.74, 6) is -0.684. The molecule has 1 aromatic carbocycles. The lowest BCUT2D eigenvalue weighted by Gasteiger charge is -2.38. The van der Waals surface area contributed by atoms with Crippen molar-refractivity contribution in [1.29, 1.82) is 0 Å². The maximum Gasteiger partial charge on any atom is 0.314 e. The standard InChI is InChI=1S/C21H21N7O2S/c1-11-2-4-16(12-3-5-17-14(6-12)24-10-31-17)28(9-11)21(30)20(29)25-15-8-23-7-13-18(15)26-27-19(13)22/h3,5-8,10-11,16H,2,4,9H2,1H3,(H,25,29)(H3,22,26,27)/t11-,16+/m0/s1. The molecule has 9 nitrogen and oxygen atoms in total. The second kappa shape index (κ2) is 7.62. The maximum atomic E-state index is 13.2. The number of aromatic amines is 1. The molecule has 1 saturated heterocycles. The third-order valence-corrected chi connectivity index (χ3v) is 6.58. The average Bonchev–Trinajstić information content (AvgIpc) is 3.40. The van der Waals surface area contributed by atoms with Gasteiger partial charge in [-0.25, -0.2) is 4.98 Å². The van der Waals surface area contributed by atoms with Gasteiger partial charge in [0.05, 0.1) is 44.6 Å². The number of H-pyrrole nitrogens is 1. The molecular weight excluding hydrogens is 414 g/mol. The van der Waals surface area contributed by atoms with Crippen LogP contribution < -0.4 is 11.1 Å². The summed E-state index contributed by atoms with van der Waals surface area (Å²) in [6.45, 7) is 2.61. The number of hydrogen-bond donors (Lipinski definition) is 3. The summed E-state index contributed by atoms with van der Waals surface area (Å²) in [5.41, 5.74) is 10.4. The molecule has 5 rings (SSSR count). The molecule has 10 heteroatoms. The number of nitrogens with zero attached hydrogens (tertiary/aromatic N) is 4. The van der Waals surface area contributed by atoms with Crippen LogP contribution in [0.4, 0.5) is 11.5 Å². The zero-order valence-corrected chi connectivity index (χ0v) is 17.6. The van der Waals surface area contributed by atoms with Crippen molar-refractivity contribution in [1.82, 2.24) is 25.1 Å². The molecule has 0 saturated carbocycles. The number of aromatic nitrogens is 4. The van der Waals surface area contributed by atoms with E-state index in [-0.39, 0.29) is 11.9 Å². The summed E-state index contributed by atoms with van der Waals surface area (Å²) < 4.78 is 1.10. The highest BCUT2D eigenvalue weighted by molar-refractivity contribution is 7.16. The Balaban J connectivity index is 1.42. The minimum Gasteiger partial charge on any atom is -0.382 e. The van der Waals surface area contributed by atoms with E-state index in [2.05, 4.69) is 32.4 Å². The smallest absolute Gasteiger partial charge is 0.314 e. The fraction of sp³-hybridized carbons (Fsp3) is 0.286. The summed E-state index contributed by atoms with van der Waals surface area (Å²) in [6.07, 6.45) is 4.81. The molecule has 0 spiro atoms. The third kappa shape index (κ3) is 3.48. The summed E-state index contributed by atoms with van der Waals surface area (Å²) in [5, 5.41) is 9.98. The van der Waals surface area contributed by atoms with Crippen LogP contribution in [0, 0.1) is 5.92 Å². The lowest BCUT2D eigenvalue weighted by atomic mass is 9.89. The quantitative estimate of drug-likeness (QED) is 0.415. The molecule has 4 N–H and O–H groups in total. The van der Waals surface area contributed by atoms with Crippen LogP contribution in [0.25, 0.3) is 21.1 Å². The molecule has 0 unspecified atom stereocenters. The van der Waals surface area contributed by atoms with E-state index in [0.29, 0.717) is 29.1 Å². The fourth-order valence-corrected chi connectivity index (χ4v) is 4.82. The number of piperidine rings is 1. The Hall–Kier alpha value is -3.53. The van der Waals surface area contributed by atoms with E-state index in [0.717, 1.165) is 28.6 Å². The third-order valence-electron chi connectivity index (χ3n) is 5.77. The van der Waals surface area contributed by atoms with E-state index in [4.69, 9.17) is 5.73 Å². The lowest BCUT2D eigenvalue weighted by molar-refractivity contribution is -0.146. The first kappa shape index (κ1) is 19.4. The van der Waals surface area contributed by atoms with Gasteiger partial charge in [0.1, 0.15) is 0 Å². The molecule has 1 aliphatic heterocycles. The minimum absolute atomic E-state index is 0.169. The summed E-state index contributed by atoms with van der Waals surface area (Å²) >= 11 is 1.58. The van der Waals surface area contributed by atoms with E-state index in [9.17, 15) is 9.59 Å². The molecule has 1 fully saturated rings. The van der Waals surface area contributed by atoms with E-state index >= 15 is 0 Å². The number of nitrogens with one attached hydrogen (secondary N) is 2. The van der Waals surface area contributed by atoms with E-state index in [1.807, 2.05) is 23.7 Å². The molecule has 4 aromatic rings. The van der Waals surface area contributed by atoms with Crippen molar-refractivity contribution >= 4 is 55.8 Å². The number of thiazole rings is 1. The number of hydrogen-bond acceptors (Lipinski definition) is 7. The highest BCUT2D eigenvalue weighted by atomic mass is 32.1. The van der Waals surface area contributed by atoms with Crippen molar-refractivity contribution in [3.05, 3.63) is 41.7 Å². The molecule has 4 heterocycles.